The lowest BCUT2D eigenvalue weighted by Gasteiger charge is -1.98. The maximum atomic E-state index is 10.2. The number of hydrogen-bond acceptors (Lipinski definition) is 3. The van der Waals surface area contributed by atoms with Crippen molar-refractivity contribution in [2.24, 2.45) is 0 Å². The zero-order valence-corrected chi connectivity index (χ0v) is 8.76. The van der Waals surface area contributed by atoms with E-state index in [9.17, 15) is 4.79 Å². The van der Waals surface area contributed by atoms with Crippen LogP contribution >= 0.6 is 11.8 Å². The topological polar surface area (TPSA) is 50.4 Å². The maximum Gasteiger partial charge on any atom is 0.303 e. The number of carboxylic acids is 1. The average Bonchev–Trinajstić information content (AvgIpc) is 2.63. The Balaban J connectivity index is 1.92. The molecule has 3 nitrogen and oxygen atoms in total. The van der Waals surface area contributed by atoms with Crippen molar-refractivity contribution in [3.05, 3.63) is 24.2 Å². The standard InChI is InChI=1S/C10H14O3S/c11-10(12)5-1-2-7-14-8-9-4-3-6-13-9/h3-4,6H,1-2,5,7-8H2,(H,11,12). The third-order valence-corrected chi connectivity index (χ3v) is 2.82. The molecule has 0 aliphatic heterocycles. The normalized spacial score (nSPS) is 10.3. The fourth-order valence-electron chi connectivity index (χ4n) is 1.05. The highest BCUT2D eigenvalue weighted by atomic mass is 32.2. The highest BCUT2D eigenvalue weighted by Gasteiger charge is 1.98. The molecular formula is C10H14O3S. The van der Waals surface area contributed by atoms with E-state index in [4.69, 9.17) is 9.52 Å². The van der Waals surface area contributed by atoms with Gasteiger partial charge in [-0.15, -0.1) is 0 Å². The highest BCUT2D eigenvalue weighted by Crippen LogP contribution is 2.14. The number of hydrogen-bond donors (Lipinski definition) is 1. The first-order valence-electron chi connectivity index (χ1n) is 4.61. The predicted molar refractivity (Wildman–Crippen MR) is 56.4 cm³/mol. The summed E-state index contributed by atoms with van der Waals surface area (Å²) in [5.74, 6) is 2.14. The molecule has 1 heterocycles. The van der Waals surface area contributed by atoms with E-state index in [1.54, 1.807) is 18.0 Å². The Bertz CT molecular complexity index is 256. The molecule has 0 spiro atoms. The third-order valence-electron chi connectivity index (χ3n) is 1.75. The first kappa shape index (κ1) is 11.2. The number of rotatable bonds is 7. The van der Waals surface area contributed by atoms with Gasteiger partial charge in [0, 0.05) is 6.42 Å². The number of aliphatic carboxylic acids is 1. The fraction of sp³-hybridized carbons (Fsp3) is 0.500. The second-order valence-electron chi connectivity index (χ2n) is 2.98. The summed E-state index contributed by atoms with van der Waals surface area (Å²) in [6.45, 7) is 0. The van der Waals surface area contributed by atoms with Gasteiger partial charge in [0.1, 0.15) is 5.76 Å². The Morgan fingerprint density at radius 3 is 3.00 bits per heavy atom. The molecular weight excluding hydrogens is 200 g/mol. The van der Waals surface area contributed by atoms with Crippen LogP contribution in [0.25, 0.3) is 0 Å². The molecule has 1 rings (SSSR count). The van der Waals surface area contributed by atoms with Gasteiger partial charge in [0.05, 0.1) is 12.0 Å². The van der Waals surface area contributed by atoms with Gasteiger partial charge >= 0.3 is 5.97 Å². The van der Waals surface area contributed by atoms with Crippen LogP contribution in [0.5, 0.6) is 0 Å². The molecule has 0 saturated carbocycles. The first-order valence-corrected chi connectivity index (χ1v) is 5.76. The number of unbranched alkanes of at least 4 members (excludes halogenated alkanes) is 1. The van der Waals surface area contributed by atoms with Gasteiger partial charge in [-0.25, -0.2) is 0 Å². The van der Waals surface area contributed by atoms with E-state index in [0.717, 1.165) is 30.1 Å². The second kappa shape index (κ2) is 6.54. The summed E-state index contributed by atoms with van der Waals surface area (Å²) in [4.78, 5) is 10.2. The quantitative estimate of drug-likeness (QED) is 0.709. The van der Waals surface area contributed by atoms with Crippen molar-refractivity contribution in [3.63, 3.8) is 0 Å². The van der Waals surface area contributed by atoms with Crippen molar-refractivity contribution >= 4 is 17.7 Å². The molecule has 0 radical (unpaired) electrons. The monoisotopic (exact) mass is 214 g/mol. The van der Waals surface area contributed by atoms with Gasteiger partial charge in [0.25, 0.3) is 0 Å². The molecule has 0 amide bonds. The van der Waals surface area contributed by atoms with Crippen LogP contribution in [-0.2, 0) is 10.5 Å². The summed E-state index contributed by atoms with van der Waals surface area (Å²) < 4.78 is 5.16. The average molecular weight is 214 g/mol. The molecule has 1 aromatic rings. The smallest absolute Gasteiger partial charge is 0.303 e. The first-order chi connectivity index (χ1) is 6.79. The molecule has 0 fully saturated rings. The molecule has 0 saturated heterocycles. The van der Waals surface area contributed by atoms with Crippen molar-refractivity contribution in [1.29, 1.82) is 0 Å². The van der Waals surface area contributed by atoms with E-state index in [1.807, 2.05) is 12.1 Å². The van der Waals surface area contributed by atoms with Gasteiger partial charge in [-0.3, -0.25) is 4.79 Å². The van der Waals surface area contributed by atoms with Gasteiger partial charge in [-0.05, 0) is 30.7 Å². The molecule has 0 aliphatic rings. The van der Waals surface area contributed by atoms with Crippen molar-refractivity contribution in [2.45, 2.75) is 25.0 Å². The van der Waals surface area contributed by atoms with Crippen LogP contribution in [0.2, 0.25) is 0 Å². The lowest BCUT2D eigenvalue weighted by Crippen LogP contribution is -1.94. The molecule has 14 heavy (non-hydrogen) atoms. The van der Waals surface area contributed by atoms with E-state index in [0.29, 0.717) is 0 Å². The zero-order valence-electron chi connectivity index (χ0n) is 7.94. The summed E-state index contributed by atoms with van der Waals surface area (Å²) in [5.41, 5.74) is 0. The van der Waals surface area contributed by atoms with Crippen LogP contribution in [0.3, 0.4) is 0 Å². The van der Waals surface area contributed by atoms with Crippen LogP contribution < -0.4 is 0 Å². The van der Waals surface area contributed by atoms with Crippen LogP contribution in [-0.4, -0.2) is 16.8 Å². The van der Waals surface area contributed by atoms with E-state index in [1.165, 1.54) is 0 Å². The van der Waals surface area contributed by atoms with Crippen LogP contribution in [0.1, 0.15) is 25.0 Å². The Labute approximate surface area is 87.5 Å². The van der Waals surface area contributed by atoms with Crippen LogP contribution in [0.15, 0.2) is 22.8 Å². The lowest BCUT2D eigenvalue weighted by atomic mass is 10.3. The van der Waals surface area contributed by atoms with Crippen LogP contribution in [0.4, 0.5) is 0 Å². The van der Waals surface area contributed by atoms with Crippen molar-refractivity contribution in [2.75, 3.05) is 5.75 Å². The molecule has 0 aromatic carbocycles. The number of carboxylic acid groups (broad SMARTS) is 1. The number of furan rings is 1. The van der Waals surface area contributed by atoms with E-state index in [2.05, 4.69) is 0 Å². The van der Waals surface area contributed by atoms with Crippen molar-refractivity contribution < 1.29 is 14.3 Å². The molecule has 0 atom stereocenters. The second-order valence-corrected chi connectivity index (χ2v) is 4.09. The molecule has 1 N–H and O–H groups in total. The Morgan fingerprint density at radius 1 is 1.50 bits per heavy atom. The summed E-state index contributed by atoms with van der Waals surface area (Å²) in [7, 11) is 0. The maximum absolute atomic E-state index is 10.2. The van der Waals surface area contributed by atoms with Crippen LogP contribution in [0, 0.1) is 0 Å². The van der Waals surface area contributed by atoms with Gasteiger partial charge in [-0.1, -0.05) is 0 Å². The highest BCUT2D eigenvalue weighted by molar-refractivity contribution is 7.98. The zero-order chi connectivity index (χ0) is 10.2. The Morgan fingerprint density at radius 2 is 2.36 bits per heavy atom. The van der Waals surface area contributed by atoms with E-state index in [-0.39, 0.29) is 6.42 Å². The van der Waals surface area contributed by atoms with Crippen molar-refractivity contribution in [1.82, 2.24) is 0 Å². The van der Waals surface area contributed by atoms with Gasteiger partial charge < -0.3 is 9.52 Å². The minimum atomic E-state index is -0.707. The van der Waals surface area contributed by atoms with Crippen molar-refractivity contribution in [3.8, 4) is 0 Å². The van der Waals surface area contributed by atoms with Gasteiger partial charge in [-0.2, -0.15) is 11.8 Å². The van der Waals surface area contributed by atoms with E-state index >= 15 is 0 Å². The number of thioether (sulfide) groups is 1. The molecule has 78 valence electrons. The largest absolute Gasteiger partial charge is 0.481 e. The molecule has 1 aromatic heterocycles. The van der Waals surface area contributed by atoms with E-state index < -0.39 is 5.97 Å². The summed E-state index contributed by atoms with van der Waals surface area (Å²) in [5, 5.41) is 8.40. The minimum Gasteiger partial charge on any atom is -0.481 e. The fourth-order valence-corrected chi connectivity index (χ4v) is 1.97. The SMILES string of the molecule is O=C(O)CCCCSCc1ccco1. The Hall–Kier alpha value is -0.900. The molecule has 4 heteroatoms. The minimum absolute atomic E-state index is 0.279. The summed E-state index contributed by atoms with van der Waals surface area (Å²) >= 11 is 1.78. The predicted octanol–water partition coefficient (Wildman–Crippen LogP) is 2.77. The molecule has 0 aliphatic carbocycles. The summed E-state index contributed by atoms with van der Waals surface area (Å²) in [6, 6.07) is 3.82. The summed E-state index contributed by atoms with van der Waals surface area (Å²) in [6.07, 6.45) is 3.67. The molecule has 0 unspecified atom stereocenters. The molecule has 0 bridgehead atoms. The number of carbonyl (C=O) groups is 1. The van der Waals surface area contributed by atoms with Gasteiger partial charge in [0.15, 0.2) is 0 Å². The Kier molecular flexibility index (Phi) is 5.22. The lowest BCUT2D eigenvalue weighted by molar-refractivity contribution is -0.137. The third kappa shape index (κ3) is 4.97. The van der Waals surface area contributed by atoms with Gasteiger partial charge in [0.2, 0.25) is 0 Å².